The van der Waals surface area contributed by atoms with E-state index in [1.165, 1.54) is 12.3 Å². The summed E-state index contributed by atoms with van der Waals surface area (Å²) in [4.78, 5) is 16.1. The van der Waals surface area contributed by atoms with Crippen LogP contribution < -0.4 is 10.6 Å². The minimum absolute atomic E-state index is 0.178. The Bertz CT molecular complexity index is 653. The lowest BCUT2D eigenvalue weighted by Crippen LogP contribution is -2.16. The number of nitrogens with zero attached hydrogens (tertiary/aromatic N) is 1. The molecule has 4 nitrogen and oxygen atoms in total. The normalized spacial score (nSPS) is 10.3. The van der Waals surface area contributed by atoms with Crippen molar-refractivity contribution in [2.75, 3.05) is 17.2 Å². The van der Waals surface area contributed by atoms with Crippen molar-refractivity contribution in [1.82, 2.24) is 4.98 Å². The molecule has 0 atom stereocenters. The summed E-state index contributed by atoms with van der Waals surface area (Å²) in [6, 6.07) is 4.48. The number of pyridine rings is 1. The first-order valence-corrected chi connectivity index (χ1v) is 6.17. The molecule has 2 N–H and O–H groups in total. The fraction of sp³-hybridized carbons (Fsp3) is 0.143. The van der Waals surface area contributed by atoms with Crippen LogP contribution in [0, 0.1) is 17.5 Å². The number of aromatic nitrogens is 1. The molecule has 21 heavy (non-hydrogen) atoms. The average Bonchev–Trinajstić information content (AvgIpc) is 2.45. The Labute approximate surface area is 119 Å². The van der Waals surface area contributed by atoms with E-state index in [-0.39, 0.29) is 11.3 Å². The van der Waals surface area contributed by atoms with Crippen LogP contribution in [0.1, 0.15) is 17.3 Å². The van der Waals surface area contributed by atoms with Gasteiger partial charge in [-0.1, -0.05) is 0 Å². The first-order chi connectivity index (χ1) is 10.0. The zero-order valence-electron chi connectivity index (χ0n) is 11.1. The summed E-state index contributed by atoms with van der Waals surface area (Å²) in [5.74, 6) is -4.58. The fourth-order valence-electron chi connectivity index (χ4n) is 1.72. The molecule has 0 unspecified atom stereocenters. The molecule has 2 aromatic rings. The Balaban J connectivity index is 2.26. The molecule has 0 aliphatic carbocycles. The lowest BCUT2D eigenvalue weighted by Gasteiger charge is -2.10. The molecule has 1 aromatic heterocycles. The number of hydrogen-bond donors (Lipinski definition) is 2. The molecule has 0 bridgehead atoms. The number of rotatable bonds is 4. The van der Waals surface area contributed by atoms with Gasteiger partial charge in [-0.3, -0.25) is 4.79 Å². The summed E-state index contributed by atoms with van der Waals surface area (Å²) in [7, 11) is 0. The molecule has 110 valence electrons. The highest BCUT2D eigenvalue weighted by Gasteiger charge is 2.15. The van der Waals surface area contributed by atoms with Crippen molar-refractivity contribution < 1.29 is 18.0 Å². The monoisotopic (exact) mass is 295 g/mol. The van der Waals surface area contributed by atoms with E-state index in [1.807, 2.05) is 6.92 Å². The topological polar surface area (TPSA) is 54.0 Å². The largest absolute Gasteiger partial charge is 0.370 e. The lowest BCUT2D eigenvalue weighted by atomic mass is 10.2. The van der Waals surface area contributed by atoms with Gasteiger partial charge in [0.05, 0.1) is 5.56 Å². The van der Waals surface area contributed by atoms with Crippen LogP contribution in [0.3, 0.4) is 0 Å². The number of halogens is 3. The molecule has 0 saturated carbocycles. The Morgan fingerprint density at radius 3 is 2.52 bits per heavy atom. The number of benzene rings is 1. The van der Waals surface area contributed by atoms with Gasteiger partial charge in [0, 0.05) is 30.6 Å². The van der Waals surface area contributed by atoms with Crippen LogP contribution in [-0.2, 0) is 0 Å². The zero-order valence-corrected chi connectivity index (χ0v) is 11.1. The minimum Gasteiger partial charge on any atom is -0.370 e. The van der Waals surface area contributed by atoms with Gasteiger partial charge < -0.3 is 10.6 Å². The average molecular weight is 295 g/mol. The molecule has 1 amide bonds. The summed E-state index contributed by atoms with van der Waals surface area (Å²) >= 11 is 0. The van der Waals surface area contributed by atoms with Gasteiger partial charge >= 0.3 is 0 Å². The van der Waals surface area contributed by atoms with E-state index in [1.54, 1.807) is 6.07 Å². The summed E-state index contributed by atoms with van der Waals surface area (Å²) in [6.45, 7) is 2.39. The second-order valence-corrected chi connectivity index (χ2v) is 4.14. The molecule has 1 aromatic carbocycles. The number of carbonyl (C=O) groups excluding carboxylic acids is 1. The standard InChI is InChI=1S/C14H12F3N3O/c1-2-18-13-9(4-3-5-19-13)14(21)20-8-6-10(15)12(17)11(16)7-8/h3-7H,2H2,1H3,(H,18,19)(H,20,21). The van der Waals surface area contributed by atoms with Gasteiger partial charge in [0.2, 0.25) is 0 Å². The van der Waals surface area contributed by atoms with Crippen LogP contribution in [0.2, 0.25) is 0 Å². The number of carbonyl (C=O) groups is 1. The van der Waals surface area contributed by atoms with Gasteiger partial charge in [-0.25, -0.2) is 18.2 Å². The maximum atomic E-state index is 13.1. The summed E-state index contributed by atoms with van der Waals surface area (Å²) in [5.41, 5.74) is 0.0344. The third kappa shape index (κ3) is 3.31. The Morgan fingerprint density at radius 2 is 1.90 bits per heavy atom. The maximum Gasteiger partial charge on any atom is 0.259 e. The Kier molecular flexibility index (Phi) is 4.42. The molecule has 0 spiro atoms. The number of nitrogens with one attached hydrogen (secondary N) is 2. The van der Waals surface area contributed by atoms with Gasteiger partial charge in [-0.05, 0) is 19.1 Å². The van der Waals surface area contributed by atoms with Crippen LogP contribution in [0.4, 0.5) is 24.7 Å². The third-order valence-electron chi connectivity index (χ3n) is 2.64. The summed E-state index contributed by atoms with van der Waals surface area (Å²) in [5, 5.41) is 5.19. The first kappa shape index (κ1) is 14.8. The highest BCUT2D eigenvalue weighted by Crippen LogP contribution is 2.19. The first-order valence-electron chi connectivity index (χ1n) is 6.17. The van der Waals surface area contributed by atoms with Crippen molar-refractivity contribution in [2.24, 2.45) is 0 Å². The van der Waals surface area contributed by atoms with Crippen molar-refractivity contribution in [3.05, 3.63) is 53.5 Å². The fourth-order valence-corrected chi connectivity index (χ4v) is 1.72. The minimum atomic E-state index is -1.58. The van der Waals surface area contributed by atoms with Crippen LogP contribution >= 0.6 is 0 Å². The van der Waals surface area contributed by atoms with Gasteiger partial charge in [0.25, 0.3) is 5.91 Å². The van der Waals surface area contributed by atoms with E-state index in [0.717, 1.165) is 0 Å². The van der Waals surface area contributed by atoms with Gasteiger partial charge in [0.15, 0.2) is 17.5 Å². The highest BCUT2D eigenvalue weighted by molar-refractivity contribution is 6.07. The van der Waals surface area contributed by atoms with Crippen molar-refractivity contribution in [2.45, 2.75) is 6.92 Å². The van der Waals surface area contributed by atoms with Gasteiger partial charge in [-0.15, -0.1) is 0 Å². The predicted octanol–water partition coefficient (Wildman–Crippen LogP) is 3.18. The molecule has 1 heterocycles. The zero-order chi connectivity index (χ0) is 15.4. The molecular formula is C14H12F3N3O. The molecule has 0 radical (unpaired) electrons. The lowest BCUT2D eigenvalue weighted by molar-refractivity contribution is 0.102. The second kappa shape index (κ2) is 6.25. The van der Waals surface area contributed by atoms with Crippen LogP contribution in [0.25, 0.3) is 0 Å². The summed E-state index contributed by atoms with van der Waals surface area (Å²) in [6.07, 6.45) is 1.51. The molecular weight excluding hydrogens is 283 g/mol. The second-order valence-electron chi connectivity index (χ2n) is 4.14. The Hall–Kier alpha value is -2.57. The summed E-state index contributed by atoms with van der Waals surface area (Å²) < 4.78 is 39.1. The highest BCUT2D eigenvalue weighted by atomic mass is 19.2. The number of anilines is 2. The Morgan fingerprint density at radius 1 is 1.24 bits per heavy atom. The number of amides is 1. The van der Waals surface area contributed by atoms with Gasteiger partial charge in [-0.2, -0.15) is 0 Å². The van der Waals surface area contributed by atoms with Crippen LogP contribution in [0.15, 0.2) is 30.5 Å². The van der Waals surface area contributed by atoms with Crippen LogP contribution in [0.5, 0.6) is 0 Å². The molecule has 0 aliphatic heterocycles. The van der Waals surface area contributed by atoms with E-state index in [2.05, 4.69) is 15.6 Å². The third-order valence-corrected chi connectivity index (χ3v) is 2.64. The van der Waals surface area contributed by atoms with Gasteiger partial charge in [0.1, 0.15) is 5.82 Å². The quantitative estimate of drug-likeness (QED) is 0.852. The molecule has 0 saturated heterocycles. The van der Waals surface area contributed by atoms with E-state index in [0.29, 0.717) is 24.5 Å². The maximum absolute atomic E-state index is 13.1. The van der Waals surface area contributed by atoms with Crippen molar-refractivity contribution >= 4 is 17.4 Å². The molecule has 2 rings (SSSR count). The SMILES string of the molecule is CCNc1ncccc1C(=O)Nc1cc(F)c(F)c(F)c1. The molecule has 0 aliphatic rings. The van der Waals surface area contributed by atoms with E-state index >= 15 is 0 Å². The van der Waals surface area contributed by atoms with Crippen molar-refractivity contribution in [3.8, 4) is 0 Å². The number of hydrogen-bond acceptors (Lipinski definition) is 3. The van der Waals surface area contributed by atoms with Crippen molar-refractivity contribution in [3.63, 3.8) is 0 Å². The predicted molar refractivity (Wildman–Crippen MR) is 72.7 cm³/mol. The van der Waals surface area contributed by atoms with E-state index in [9.17, 15) is 18.0 Å². The smallest absolute Gasteiger partial charge is 0.259 e. The van der Waals surface area contributed by atoms with Crippen molar-refractivity contribution in [1.29, 1.82) is 0 Å². The molecule has 0 fully saturated rings. The molecule has 7 heteroatoms. The van der Waals surface area contributed by atoms with Crippen LogP contribution in [-0.4, -0.2) is 17.4 Å². The van der Waals surface area contributed by atoms with E-state index in [4.69, 9.17) is 0 Å². The van der Waals surface area contributed by atoms with E-state index < -0.39 is 23.4 Å².